The van der Waals surface area contributed by atoms with Gasteiger partial charge >= 0.3 is 0 Å². The van der Waals surface area contributed by atoms with Crippen LogP contribution in [0.1, 0.15) is 5.56 Å². The molecule has 0 aliphatic rings. The van der Waals surface area contributed by atoms with Gasteiger partial charge in [-0.3, -0.25) is 0 Å². The van der Waals surface area contributed by atoms with Crippen LogP contribution in [0, 0.1) is 6.92 Å². The minimum atomic E-state index is 0.839. The zero-order valence-electron chi connectivity index (χ0n) is 36.7. The van der Waals surface area contributed by atoms with E-state index in [-0.39, 0.29) is 0 Å². The molecule has 316 valence electrons. The topological polar surface area (TPSA) is 41.6 Å². The van der Waals surface area contributed by atoms with Crippen LogP contribution in [0.2, 0.25) is 0 Å². The molecule has 13 aromatic rings. The number of aryl methyl sites for hydroxylation is 1. The third kappa shape index (κ3) is 6.86. The van der Waals surface area contributed by atoms with Crippen LogP contribution >= 0.6 is 0 Å². The van der Waals surface area contributed by atoms with Crippen LogP contribution in [0.5, 0.6) is 0 Å². The van der Waals surface area contributed by atoms with Gasteiger partial charge in [0.25, 0.3) is 0 Å². The van der Waals surface area contributed by atoms with Crippen molar-refractivity contribution in [1.29, 1.82) is 0 Å². The third-order valence-electron chi connectivity index (χ3n) is 13.3. The maximum absolute atomic E-state index is 6.93. The van der Waals surface area contributed by atoms with Gasteiger partial charge in [0, 0.05) is 44.6 Å². The number of anilines is 5. The van der Waals surface area contributed by atoms with Crippen molar-refractivity contribution in [3.8, 4) is 33.4 Å². The molecule has 0 saturated carbocycles. The van der Waals surface area contributed by atoms with Crippen LogP contribution in [-0.2, 0) is 0 Å². The number of hydrogen-bond acceptors (Lipinski definition) is 4. The first-order chi connectivity index (χ1) is 33.1. The first-order valence-corrected chi connectivity index (χ1v) is 22.8. The first-order valence-electron chi connectivity index (χ1n) is 22.8. The molecule has 0 saturated heterocycles. The number of nitrogens with zero attached hydrogens (tertiary/aromatic N) is 1. The normalized spacial score (nSPS) is 11.7. The second-order valence-electron chi connectivity index (χ2n) is 17.5. The number of furan rings is 2. The lowest BCUT2D eigenvalue weighted by atomic mass is 10.0. The lowest BCUT2D eigenvalue weighted by Crippen LogP contribution is -2.09. The maximum atomic E-state index is 6.93. The van der Waals surface area contributed by atoms with Crippen LogP contribution in [0.15, 0.2) is 239 Å². The number of rotatable bonds is 8. The van der Waals surface area contributed by atoms with Gasteiger partial charge in [0.05, 0.1) is 5.39 Å². The van der Waals surface area contributed by atoms with Crippen molar-refractivity contribution in [1.82, 2.24) is 0 Å². The second-order valence-corrected chi connectivity index (χ2v) is 17.5. The van der Waals surface area contributed by atoms with Gasteiger partial charge in [-0.25, -0.2) is 0 Å². The van der Waals surface area contributed by atoms with E-state index in [1.54, 1.807) is 0 Å². The Hall–Kier alpha value is -8.86. The zero-order chi connectivity index (χ0) is 44.4. The summed E-state index contributed by atoms with van der Waals surface area (Å²) in [5, 5.41) is 12.3. The van der Waals surface area contributed by atoms with Crippen LogP contribution in [-0.4, -0.2) is 0 Å². The molecule has 0 aliphatic heterocycles. The molecule has 2 heterocycles. The van der Waals surface area contributed by atoms with E-state index in [4.69, 9.17) is 8.83 Å². The van der Waals surface area contributed by atoms with E-state index >= 15 is 0 Å². The standard InChI is InChI=1S/C63H42N2O2/c1-40-33-57-56-36-48-24-32-55(65(53-28-20-45(21-29-53)42-13-7-3-8-14-42)54-30-22-46(23-31-54)43-15-9-4-10-16-43)35-50(48)39-59(56)67-63(57)61-58-37-47-19-27-52(34-49(47)38-60(58)66-62(40)61)64-51-25-17-44(18-26-51)41-11-5-2-6-12-41/h2-39,64H,1H3. The molecule has 2 aromatic heterocycles. The fourth-order valence-electron chi connectivity index (χ4n) is 9.87. The molecule has 4 nitrogen and oxygen atoms in total. The summed E-state index contributed by atoms with van der Waals surface area (Å²) in [6, 6.07) is 82.2. The van der Waals surface area contributed by atoms with Gasteiger partial charge in [0.2, 0.25) is 0 Å². The van der Waals surface area contributed by atoms with E-state index in [1.807, 2.05) is 6.07 Å². The SMILES string of the molecule is Cc1cc2c3cc4ccc(N(c5ccc(-c6ccccc6)cc5)c5ccc(-c6ccccc6)cc5)cc4cc3oc2c2c1oc1cc3cc(Nc4ccc(-c5ccccc5)cc4)ccc3cc12. The lowest BCUT2D eigenvalue weighted by molar-refractivity contribution is 0.661. The Morgan fingerprint density at radius 2 is 0.776 bits per heavy atom. The molecule has 13 rings (SSSR count). The Balaban J connectivity index is 0.877. The number of benzene rings is 11. The lowest BCUT2D eigenvalue weighted by Gasteiger charge is -2.26. The molecule has 11 aromatic carbocycles. The molecule has 0 aliphatic carbocycles. The Morgan fingerprint density at radius 1 is 0.328 bits per heavy atom. The molecule has 0 atom stereocenters. The highest BCUT2D eigenvalue weighted by atomic mass is 16.3. The smallest absolute Gasteiger partial charge is 0.147 e. The van der Waals surface area contributed by atoms with E-state index in [9.17, 15) is 0 Å². The molecular formula is C63H42N2O2. The van der Waals surface area contributed by atoms with Crippen LogP contribution in [0.3, 0.4) is 0 Å². The van der Waals surface area contributed by atoms with Crippen molar-refractivity contribution >= 4 is 93.9 Å². The summed E-state index contributed by atoms with van der Waals surface area (Å²) in [6.45, 7) is 2.13. The summed E-state index contributed by atoms with van der Waals surface area (Å²) in [4.78, 5) is 2.34. The molecular weight excluding hydrogens is 817 g/mol. The molecule has 0 radical (unpaired) electrons. The first kappa shape index (κ1) is 38.6. The second kappa shape index (κ2) is 15.7. The minimum absolute atomic E-state index is 0.839. The van der Waals surface area contributed by atoms with E-state index in [2.05, 4.69) is 242 Å². The van der Waals surface area contributed by atoms with E-state index in [1.165, 1.54) is 33.4 Å². The Morgan fingerprint density at radius 3 is 1.36 bits per heavy atom. The van der Waals surface area contributed by atoms with Crippen molar-refractivity contribution in [2.45, 2.75) is 6.92 Å². The van der Waals surface area contributed by atoms with Gasteiger partial charge in [0.1, 0.15) is 22.3 Å². The molecule has 0 spiro atoms. The Bertz CT molecular complexity index is 3880. The van der Waals surface area contributed by atoms with Gasteiger partial charge in [-0.2, -0.15) is 0 Å². The molecule has 4 heteroatoms. The zero-order valence-corrected chi connectivity index (χ0v) is 36.7. The van der Waals surface area contributed by atoms with Crippen molar-refractivity contribution in [2.75, 3.05) is 10.2 Å². The van der Waals surface area contributed by atoms with Gasteiger partial charge < -0.3 is 19.1 Å². The summed E-state index contributed by atoms with van der Waals surface area (Å²) in [7, 11) is 0. The fourth-order valence-corrected chi connectivity index (χ4v) is 9.87. The molecule has 0 unspecified atom stereocenters. The monoisotopic (exact) mass is 858 g/mol. The molecule has 67 heavy (non-hydrogen) atoms. The third-order valence-corrected chi connectivity index (χ3v) is 13.3. The quantitative estimate of drug-likeness (QED) is 0.165. The van der Waals surface area contributed by atoms with Crippen LogP contribution in [0.25, 0.3) is 98.8 Å². The summed E-state index contributed by atoms with van der Waals surface area (Å²) in [5.41, 5.74) is 16.9. The van der Waals surface area contributed by atoms with Gasteiger partial charge in [-0.1, -0.05) is 140 Å². The van der Waals surface area contributed by atoms with E-state index in [0.29, 0.717) is 0 Å². The summed E-state index contributed by atoms with van der Waals surface area (Å²) in [5.74, 6) is 0. The van der Waals surface area contributed by atoms with Gasteiger partial charge in [-0.05, 0) is 158 Å². The van der Waals surface area contributed by atoms with Crippen LogP contribution in [0.4, 0.5) is 28.4 Å². The highest BCUT2D eigenvalue weighted by molar-refractivity contribution is 6.25. The fraction of sp³-hybridized carbons (Fsp3) is 0.0159. The van der Waals surface area contributed by atoms with Crippen LogP contribution < -0.4 is 10.2 Å². The predicted molar refractivity (Wildman–Crippen MR) is 281 cm³/mol. The molecule has 0 bridgehead atoms. The maximum Gasteiger partial charge on any atom is 0.147 e. The molecule has 0 fully saturated rings. The number of hydrogen-bond donors (Lipinski definition) is 1. The minimum Gasteiger partial charge on any atom is -0.456 e. The predicted octanol–water partition coefficient (Wildman–Crippen LogP) is 18.3. The van der Waals surface area contributed by atoms with Crippen molar-refractivity contribution < 1.29 is 8.83 Å². The van der Waals surface area contributed by atoms with Crippen molar-refractivity contribution in [3.05, 3.63) is 236 Å². The average molecular weight is 859 g/mol. The van der Waals surface area contributed by atoms with E-state index in [0.717, 1.165) is 99.4 Å². The molecule has 1 N–H and O–H groups in total. The van der Waals surface area contributed by atoms with Gasteiger partial charge in [-0.15, -0.1) is 0 Å². The highest BCUT2D eigenvalue weighted by Crippen LogP contribution is 2.44. The summed E-state index contributed by atoms with van der Waals surface area (Å²) in [6.07, 6.45) is 0. The van der Waals surface area contributed by atoms with Gasteiger partial charge in [0.15, 0.2) is 0 Å². The highest BCUT2D eigenvalue weighted by Gasteiger charge is 2.21. The van der Waals surface area contributed by atoms with E-state index < -0.39 is 0 Å². The number of fused-ring (bicyclic) bond motifs is 9. The summed E-state index contributed by atoms with van der Waals surface area (Å²) >= 11 is 0. The number of nitrogens with one attached hydrogen (secondary N) is 1. The van der Waals surface area contributed by atoms with Crippen molar-refractivity contribution in [3.63, 3.8) is 0 Å². The van der Waals surface area contributed by atoms with Crippen molar-refractivity contribution in [2.24, 2.45) is 0 Å². The Kier molecular flexibility index (Phi) is 9.04. The average Bonchev–Trinajstić information content (AvgIpc) is 3.94. The largest absolute Gasteiger partial charge is 0.456 e. The Labute approximate surface area is 387 Å². The molecule has 0 amide bonds. The summed E-state index contributed by atoms with van der Waals surface area (Å²) < 4.78 is 13.6.